The fraction of sp³-hybridized carbons (Fsp3) is 0.462. The third-order valence-electron chi connectivity index (χ3n) is 2.55. The van der Waals surface area contributed by atoms with Crippen LogP contribution in [0.2, 0.25) is 0 Å². The number of nitrogens with one attached hydrogen (secondary N) is 2. The highest BCUT2D eigenvalue weighted by molar-refractivity contribution is 14.0. The van der Waals surface area contributed by atoms with Crippen molar-refractivity contribution in [3.63, 3.8) is 0 Å². The smallest absolute Gasteiger partial charge is 0.387 e. The van der Waals surface area contributed by atoms with E-state index < -0.39 is 12.4 Å². The summed E-state index contributed by atoms with van der Waals surface area (Å²) in [6.45, 7) is -2.31. The van der Waals surface area contributed by atoms with Gasteiger partial charge in [0.1, 0.15) is 11.6 Å². The van der Waals surface area contributed by atoms with E-state index in [1.807, 2.05) is 6.26 Å². The summed E-state index contributed by atoms with van der Waals surface area (Å²) in [5.74, 6) is 0.563. The second-order valence-corrected chi connectivity index (χ2v) is 4.93. The number of thioether (sulfide) groups is 1. The molecule has 0 atom stereocenters. The van der Waals surface area contributed by atoms with Crippen molar-refractivity contribution < 1.29 is 17.9 Å². The molecule has 0 radical (unpaired) electrons. The lowest BCUT2D eigenvalue weighted by Crippen LogP contribution is -2.38. The predicted molar refractivity (Wildman–Crippen MR) is 95.0 cm³/mol. The molecule has 2 N–H and O–H groups in total. The first-order valence-corrected chi connectivity index (χ1v) is 7.63. The average Bonchev–Trinajstić information content (AvgIpc) is 2.44. The summed E-state index contributed by atoms with van der Waals surface area (Å²) in [5, 5.41) is 5.89. The molecule has 0 aliphatic carbocycles. The molecule has 9 heteroatoms. The van der Waals surface area contributed by atoms with Crippen LogP contribution in [-0.4, -0.2) is 38.2 Å². The lowest BCUT2D eigenvalue weighted by molar-refractivity contribution is -0.0506. The van der Waals surface area contributed by atoms with Gasteiger partial charge in [0.15, 0.2) is 5.96 Å². The maximum atomic E-state index is 13.7. The minimum Gasteiger partial charge on any atom is -0.434 e. The molecule has 0 heterocycles. The van der Waals surface area contributed by atoms with Crippen molar-refractivity contribution in [2.24, 2.45) is 4.99 Å². The van der Waals surface area contributed by atoms with Gasteiger partial charge in [0.25, 0.3) is 0 Å². The third kappa shape index (κ3) is 7.43. The van der Waals surface area contributed by atoms with Crippen LogP contribution < -0.4 is 15.4 Å². The van der Waals surface area contributed by atoms with E-state index in [2.05, 4.69) is 20.4 Å². The standard InChI is InChI=1S/C13H18F3N3OS.HI/c1-17-13(18-6-7-21-2)19-8-9-10(14)4-3-5-11(9)20-12(15)16;/h3-5,12H,6-8H2,1-2H3,(H2,17,18,19);1H. The number of ether oxygens (including phenoxy) is 1. The summed E-state index contributed by atoms with van der Waals surface area (Å²) in [5.41, 5.74) is 0.0330. The lowest BCUT2D eigenvalue weighted by Gasteiger charge is -2.14. The van der Waals surface area contributed by atoms with Crippen LogP contribution >= 0.6 is 35.7 Å². The van der Waals surface area contributed by atoms with E-state index >= 15 is 0 Å². The van der Waals surface area contributed by atoms with Crippen LogP contribution in [0.25, 0.3) is 0 Å². The van der Waals surface area contributed by atoms with E-state index in [0.29, 0.717) is 12.5 Å². The molecule has 0 fully saturated rings. The van der Waals surface area contributed by atoms with Crippen LogP contribution in [0.15, 0.2) is 23.2 Å². The van der Waals surface area contributed by atoms with Crippen LogP contribution in [0, 0.1) is 5.82 Å². The number of alkyl halides is 2. The zero-order valence-corrected chi connectivity index (χ0v) is 15.4. The first kappa shape index (κ1) is 21.2. The predicted octanol–water partition coefficient (Wildman–Crippen LogP) is 3.07. The van der Waals surface area contributed by atoms with Gasteiger partial charge in [0.05, 0.1) is 0 Å². The van der Waals surface area contributed by atoms with Crippen LogP contribution in [0.5, 0.6) is 5.75 Å². The van der Waals surface area contributed by atoms with Crippen molar-refractivity contribution in [1.82, 2.24) is 10.6 Å². The van der Waals surface area contributed by atoms with E-state index in [9.17, 15) is 13.2 Å². The van der Waals surface area contributed by atoms with Gasteiger partial charge in [-0.3, -0.25) is 4.99 Å². The maximum Gasteiger partial charge on any atom is 0.387 e. The topological polar surface area (TPSA) is 45.7 Å². The SMILES string of the molecule is CN=C(NCCSC)NCc1c(F)cccc1OC(F)F.I. The molecule has 0 aromatic heterocycles. The Morgan fingerprint density at radius 1 is 1.36 bits per heavy atom. The molecule has 22 heavy (non-hydrogen) atoms. The Hall–Kier alpha value is -0.840. The number of nitrogens with zero attached hydrogens (tertiary/aromatic N) is 1. The summed E-state index contributed by atoms with van der Waals surface area (Å²) in [4.78, 5) is 3.97. The molecule has 0 saturated heterocycles. The zero-order valence-electron chi connectivity index (χ0n) is 12.2. The summed E-state index contributed by atoms with van der Waals surface area (Å²) >= 11 is 1.67. The molecule has 0 spiro atoms. The van der Waals surface area contributed by atoms with Gasteiger partial charge in [0.2, 0.25) is 0 Å². The van der Waals surface area contributed by atoms with E-state index in [0.717, 1.165) is 5.75 Å². The van der Waals surface area contributed by atoms with E-state index in [1.165, 1.54) is 18.2 Å². The van der Waals surface area contributed by atoms with Crippen molar-refractivity contribution in [3.05, 3.63) is 29.6 Å². The number of rotatable bonds is 7. The van der Waals surface area contributed by atoms with Gasteiger partial charge in [-0.1, -0.05) is 6.07 Å². The average molecular weight is 449 g/mol. The molecular weight excluding hydrogens is 430 g/mol. The number of guanidine groups is 1. The van der Waals surface area contributed by atoms with Gasteiger partial charge in [-0.25, -0.2) is 4.39 Å². The minimum atomic E-state index is -3.00. The van der Waals surface area contributed by atoms with Crippen molar-refractivity contribution >= 4 is 41.7 Å². The highest BCUT2D eigenvalue weighted by atomic mass is 127. The van der Waals surface area contributed by atoms with Crippen molar-refractivity contribution in [2.45, 2.75) is 13.2 Å². The van der Waals surface area contributed by atoms with Gasteiger partial charge in [0, 0.05) is 31.5 Å². The molecule has 126 valence electrons. The van der Waals surface area contributed by atoms with Gasteiger partial charge < -0.3 is 15.4 Å². The molecule has 1 aromatic carbocycles. The molecule has 1 aromatic rings. The molecule has 0 unspecified atom stereocenters. The summed E-state index contributed by atoms with van der Waals surface area (Å²) in [7, 11) is 1.58. The third-order valence-corrected chi connectivity index (χ3v) is 3.16. The van der Waals surface area contributed by atoms with E-state index in [-0.39, 0.29) is 41.8 Å². The maximum absolute atomic E-state index is 13.7. The lowest BCUT2D eigenvalue weighted by atomic mass is 10.2. The molecular formula is C13H19F3IN3OS. The molecule has 0 bridgehead atoms. The fourth-order valence-electron chi connectivity index (χ4n) is 1.58. The van der Waals surface area contributed by atoms with Gasteiger partial charge in [-0.05, 0) is 18.4 Å². The Bertz CT molecular complexity index is 478. The summed E-state index contributed by atoms with van der Waals surface area (Å²) in [6.07, 6.45) is 1.98. The highest BCUT2D eigenvalue weighted by Crippen LogP contribution is 2.23. The van der Waals surface area contributed by atoms with Crippen LogP contribution in [-0.2, 0) is 6.54 Å². The van der Waals surface area contributed by atoms with Crippen molar-refractivity contribution in [3.8, 4) is 5.75 Å². The molecule has 0 saturated carbocycles. The molecule has 4 nitrogen and oxygen atoms in total. The van der Waals surface area contributed by atoms with Crippen molar-refractivity contribution in [1.29, 1.82) is 0 Å². The fourth-order valence-corrected chi connectivity index (χ4v) is 1.89. The molecule has 1 rings (SSSR count). The van der Waals surface area contributed by atoms with Gasteiger partial charge in [-0.2, -0.15) is 20.5 Å². The first-order valence-electron chi connectivity index (χ1n) is 6.24. The number of hydrogen-bond acceptors (Lipinski definition) is 3. The van der Waals surface area contributed by atoms with E-state index in [1.54, 1.807) is 18.8 Å². The Morgan fingerprint density at radius 3 is 2.68 bits per heavy atom. The number of benzene rings is 1. The molecule has 0 aliphatic rings. The van der Waals surface area contributed by atoms with E-state index in [4.69, 9.17) is 0 Å². The second kappa shape index (κ2) is 11.7. The normalized spacial score (nSPS) is 11.1. The Kier molecular flexibility index (Phi) is 11.2. The Morgan fingerprint density at radius 2 is 2.09 bits per heavy atom. The summed E-state index contributed by atoms with van der Waals surface area (Å²) < 4.78 is 42.6. The number of halogens is 4. The molecule has 0 amide bonds. The summed E-state index contributed by atoms with van der Waals surface area (Å²) in [6, 6.07) is 3.82. The van der Waals surface area contributed by atoms with Gasteiger partial charge in [-0.15, -0.1) is 24.0 Å². The quantitative estimate of drug-likeness (QED) is 0.291. The zero-order chi connectivity index (χ0) is 15.7. The Labute approximate surface area is 149 Å². The second-order valence-electron chi connectivity index (χ2n) is 3.94. The Balaban J connectivity index is 0.00000441. The van der Waals surface area contributed by atoms with Gasteiger partial charge >= 0.3 is 6.61 Å². The first-order chi connectivity index (χ1) is 10.1. The highest BCUT2D eigenvalue weighted by Gasteiger charge is 2.13. The number of aliphatic imine (C=N–C) groups is 1. The van der Waals surface area contributed by atoms with Crippen LogP contribution in [0.3, 0.4) is 0 Å². The van der Waals surface area contributed by atoms with Crippen LogP contribution in [0.1, 0.15) is 5.56 Å². The number of hydrogen-bond donors (Lipinski definition) is 2. The molecule has 0 aliphatic heterocycles. The monoisotopic (exact) mass is 449 g/mol. The minimum absolute atomic E-state index is 0. The van der Waals surface area contributed by atoms with Crippen molar-refractivity contribution in [2.75, 3.05) is 25.6 Å². The van der Waals surface area contributed by atoms with Crippen LogP contribution in [0.4, 0.5) is 13.2 Å². The largest absolute Gasteiger partial charge is 0.434 e.